The lowest BCUT2D eigenvalue weighted by Crippen LogP contribution is -2.70. The number of pyridine rings is 1. The van der Waals surface area contributed by atoms with E-state index in [9.17, 15) is 24.3 Å². The van der Waals surface area contributed by atoms with Gasteiger partial charge in [-0.15, -0.1) is 35.3 Å². The van der Waals surface area contributed by atoms with Crippen LogP contribution in [0.15, 0.2) is 51.4 Å². The number of hydrogen-bond donors (Lipinski definition) is 4. The van der Waals surface area contributed by atoms with Crippen molar-refractivity contribution in [2.45, 2.75) is 47.5 Å². The molecule has 224 valence electrons. The normalized spacial score (nSPS) is 18.0. The molecular formula is C27H29Cl2N4O6S3+. The Morgan fingerprint density at radius 2 is 1.95 bits per heavy atom. The SMILES string of the molecule is Cc1cc(SCC2=C(C(=O)O)N3C(=O)[C@@H](NC(=O)CSc4cc(Cl)ccc4Cl)[C@H]3SC2)cc(CCC(=O)O)[n+]1CCN. The number of aromatic nitrogens is 1. The van der Waals surface area contributed by atoms with E-state index in [1.807, 2.05) is 23.6 Å². The van der Waals surface area contributed by atoms with E-state index in [2.05, 4.69) is 5.32 Å². The number of β-lactam (4-membered cyclic amide) rings is 1. The predicted octanol–water partition coefficient (Wildman–Crippen LogP) is 3.19. The molecule has 2 atom stereocenters. The lowest BCUT2D eigenvalue weighted by atomic mass is 10.0. The number of fused-ring (bicyclic) bond motifs is 1. The van der Waals surface area contributed by atoms with Crippen LogP contribution in [0.5, 0.6) is 0 Å². The van der Waals surface area contributed by atoms with Crippen molar-refractivity contribution in [2.75, 3.05) is 23.8 Å². The smallest absolute Gasteiger partial charge is 0.352 e. The number of carboxylic acid groups (broad SMARTS) is 2. The van der Waals surface area contributed by atoms with Gasteiger partial charge in [0.15, 0.2) is 17.9 Å². The number of nitrogens with two attached hydrogens (primary N) is 1. The van der Waals surface area contributed by atoms with E-state index >= 15 is 0 Å². The number of amides is 2. The Morgan fingerprint density at radius 3 is 2.64 bits per heavy atom. The molecule has 3 heterocycles. The largest absolute Gasteiger partial charge is 0.481 e. The number of aliphatic carboxylic acids is 2. The van der Waals surface area contributed by atoms with Crippen LogP contribution >= 0.6 is 58.5 Å². The Hall–Kier alpha value is -2.42. The van der Waals surface area contributed by atoms with Crippen molar-refractivity contribution in [1.82, 2.24) is 10.2 Å². The molecule has 0 spiro atoms. The van der Waals surface area contributed by atoms with E-state index in [1.165, 1.54) is 40.2 Å². The summed E-state index contributed by atoms with van der Waals surface area (Å²) in [5, 5.41) is 22.3. The number of nitrogens with one attached hydrogen (secondary N) is 1. The van der Waals surface area contributed by atoms with Crippen molar-refractivity contribution < 1.29 is 34.0 Å². The van der Waals surface area contributed by atoms with E-state index in [0.717, 1.165) is 16.3 Å². The monoisotopic (exact) mass is 671 g/mol. The van der Waals surface area contributed by atoms with Crippen molar-refractivity contribution >= 4 is 82.2 Å². The molecule has 0 bridgehead atoms. The number of hydrogen-bond acceptors (Lipinski definition) is 8. The first-order valence-corrected chi connectivity index (χ1v) is 16.6. The van der Waals surface area contributed by atoms with Gasteiger partial charge >= 0.3 is 11.9 Å². The van der Waals surface area contributed by atoms with Crippen molar-refractivity contribution in [1.29, 1.82) is 0 Å². The third-order valence-electron chi connectivity index (χ3n) is 6.61. The standard InChI is InChI=1S/C27H28Cl2N4O6S3/c1-14-8-18(10-17(3-5-22(35)36)32(14)7-6-30)40-11-15-12-42-26-23(25(37)33(26)24(15)27(38)39)31-21(34)13-41-20-9-16(28)2-4-19(20)29/h2,4,8-10,23,26H,3,5-7,11-13,30H2,1H3,(H2-,31,34,35,36,38,39)/p+1/t23-,26-/m1/s1. The zero-order valence-electron chi connectivity index (χ0n) is 22.5. The fourth-order valence-electron chi connectivity index (χ4n) is 4.68. The van der Waals surface area contributed by atoms with Crippen LogP contribution in [0, 0.1) is 6.92 Å². The average Bonchev–Trinajstić information content (AvgIpc) is 2.94. The number of benzene rings is 1. The molecule has 5 N–H and O–H groups in total. The van der Waals surface area contributed by atoms with Crippen LogP contribution in [0.4, 0.5) is 0 Å². The van der Waals surface area contributed by atoms with Gasteiger partial charge in [-0.2, -0.15) is 4.57 Å². The fraction of sp³-hybridized carbons (Fsp3) is 0.370. The van der Waals surface area contributed by atoms with Crippen molar-refractivity contribution in [2.24, 2.45) is 5.73 Å². The van der Waals surface area contributed by atoms with Crippen LogP contribution in [0.2, 0.25) is 10.0 Å². The lowest BCUT2D eigenvalue weighted by Gasteiger charge is -2.49. The summed E-state index contributed by atoms with van der Waals surface area (Å²) in [6, 6.07) is 7.98. The fourth-order valence-corrected chi connectivity index (χ4v) is 8.51. The second-order valence-corrected chi connectivity index (χ2v) is 13.5. The van der Waals surface area contributed by atoms with Crippen molar-refractivity contribution in [3.8, 4) is 0 Å². The van der Waals surface area contributed by atoms with Crippen LogP contribution in [-0.4, -0.2) is 74.1 Å². The molecule has 1 aromatic heterocycles. The number of aryl methyl sites for hydroxylation is 2. The molecular weight excluding hydrogens is 643 g/mol. The molecule has 1 aromatic carbocycles. The minimum atomic E-state index is -1.20. The maximum Gasteiger partial charge on any atom is 0.352 e. The summed E-state index contributed by atoms with van der Waals surface area (Å²) in [4.78, 5) is 51.9. The van der Waals surface area contributed by atoms with Crippen molar-refractivity contribution in [3.63, 3.8) is 0 Å². The van der Waals surface area contributed by atoms with E-state index in [-0.39, 0.29) is 23.8 Å². The highest BCUT2D eigenvalue weighted by atomic mass is 35.5. The van der Waals surface area contributed by atoms with Gasteiger partial charge in [0, 0.05) is 51.8 Å². The molecule has 10 nitrogen and oxygen atoms in total. The van der Waals surface area contributed by atoms with Gasteiger partial charge < -0.3 is 21.3 Å². The van der Waals surface area contributed by atoms with Gasteiger partial charge in [0.25, 0.3) is 5.91 Å². The number of nitrogens with zero attached hydrogens (tertiary/aromatic N) is 2. The number of halogens is 2. The molecule has 2 aromatic rings. The molecule has 1 saturated heterocycles. The van der Waals surface area contributed by atoms with Gasteiger partial charge in [-0.3, -0.25) is 19.3 Å². The van der Waals surface area contributed by atoms with Gasteiger partial charge in [-0.1, -0.05) is 23.2 Å². The zero-order valence-corrected chi connectivity index (χ0v) is 26.4. The number of rotatable bonds is 13. The van der Waals surface area contributed by atoms with Crippen LogP contribution in [0.3, 0.4) is 0 Å². The summed E-state index contributed by atoms with van der Waals surface area (Å²) in [6.45, 7) is 2.88. The maximum absolute atomic E-state index is 13.0. The van der Waals surface area contributed by atoms with Gasteiger partial charge in [0.05, 0.1) is 23.7 Å². The highest BCUT2D eigenvalue weighted by molar-refractivity contribution is 8.01. The van der Waals surface area contributed by atoms with E-state index in [0.29, 0.717) is 51.5 Å². The third kappa shape index (κ3) is 7.56. The maximum atomic E-state index is 13.0. The lowest BCUT2D eigenvalue weighted by molar-refractivity contribution is -0.707. The number of carbonyl (C=O) groups excluding carboxylic acids is 2. The quantitative estimate of drug-likeness (QED) is 0.142. The topological polar surface area (TPSA) is 154 Å². The van der Waals surface area contributed by atoms with Gasteiger partial charge in [0.1, 0.15) is 17.1 Å². The first kappa shape index (κ1) is 32.5. The highest BCUT2D eigenvalue weighted by Crippen LogP contribution is 2.42. The first-order chi connectivity index (χ1) is 20.0. The van der Waals surface area contributed by atoms with Crippen LogP contribution < -0.4 is 15.6 Å². The van der Waals surface area contributed by atoms with Gasteiger partial charge in [-0.25, -0.2) is 4.79 Å². The van der Waals surface area contributed by atoms with Crippen molar-refractivity contribution in [3.05, 3.63) is 63.0 Å². The molecule has 2 amide bonds. The number of thioether (sulfide) groups is 3. The minimum absolute atomic E-state index is 0.0149. The Morgan fingerprint density at radius 1 is 1.19 bits per heavy atom. The Bertz CT molecular complexity index is 1460. The predicted molar refractivity (Wildman–Crippen MR) is 164 cm³/mol. The van der Waals surface area contributed by atoms with Crippen LogP contribution in [-0.2, 0) is 32.1 Å². The molecule has 0 saturated carbocycles. The second kappa shape index (κ2) is 14.4. The molecule has 0 unspecified atom stereocenters. The summed E-state index contributed by atoms with van der Waals surface area (Å²) < 4.78 is 1.99. The molecule has 15 heteroatoms. The van der Waals surface area contributed by atoms with Gasteiger partial charge in [0.2, 0.25) is 5.91 Å². The molecule has 0 aliphatic carbocycles. The Kier molecular flexibility index (Phi) is 11.1. The third-order valence-corrected chi connectivity index (χ3v) is 10.7. The zero-order chi connectivity index (χ0) is 30.6. The summed E-state index contributed by atoms with van der Waals surface area (Å²) >= 11 is 16.2. The van der Waals surface area contributed by atoms with Gasteiger partial charge in [-0.05, 0) is 23.8 Å². The van der Waals surface area contributed by atoms with E-state index in [1.54, 1.807) is 18.2 Å². The first-order valence-electron chi connectivity index (χ1n) is 12.8. The second-order valence-electron chi connectivity index (χ2n) is 9.52. The number of carbonyl (C=O) groups is 4. The van der Waals surface area contributed by atoms with Crippen LogP contribution in [0.25, 0.3) is 0 Å². The summed E-state index contributed by atoms with van der Waals surface area (Å²) in [6.07, 6.45) is 0.317. The minimum Gasteiger partial charge on any atom is -0.481 e. The Balaban J connectivity index is 1.43. The molecule has 2 aliphatic rings. The molecule has 42 heavy (non-hydrogen) atoms. The number of carboxylic acids is 2. The summed E-state index contributed by atoms with van der Waals surface area (Å²) in [7, 11) is 0. The summed E-state index contributed by atoms with van der Waals surface area (Å²) in [5.41, 5.74) is 8.05. The van der Waals surface area contributed by atoms with E-state index < -0.39 is 29.3 Å². The average molecular weight is 673 g/mol. The Labute approximate surface area is 265 Å². The highest BCUT2D eigenvalue weighted by Gasteiger charge is 2.54. The summed E-state index contributed by atoms with van der Waals surface area (Å²) in [5.74, 6) is -2.21. The molecule has 0 radical (unpaired) electrons. The molecule has 2 aliphatic heterocycles. The van der Waals surface area contributed by atoms with E-state index in [4.69, 9.17) is 34.0 Å². The molecule has 1 fully saturated rings. The van der Waals surface area contributed by atoms with Crippen LogP contribution in [0.1, 0.15) is 17.8 Å². The molecule has 4 rings (SSSR count).